The fourth-order valence-electron chi connectivity index (χ4n) is 2.99. The van der Waals surface area contributed by atoms with Gasteiger partial charge in [-0.2, -0.15) is 0 Å². The van der Waals surface area contributed by atoms with E-state index in [0.717, 1.165) is 24.2 Å². The summed E-state index contributed by atoms with van der Waals surface area (Å²) < 4.78 is 11.8. The lowest BCUT2D eigenvalue weighted by molar-refractivity contribution is 0.0952. The van der Waals surface area contributed by atoms with Crippen LogP contribution < -0.4 is 20.3 Å². The molecule has 1 aromatic heterocycles. The molecule has 0 spiro atoms. The molecule has 0 saturated heterocycles. The second kappa shape index (κ2) is 9.59. The molecule has 0 unspecified atom stereocenters. The smallest absolute Gasteiger partial charge is 0.255 e. The highest BCUT2D eigenvalue weighted by Gasteiger charge is 2.09. The maximum Gasteiger partial charge on any atom is 0.255 e. The van der Waals surface area contributed by atoms with Crippen LogP contribution in [0.3, 0.4) is 0 Å². The minimum atomic E-state index is -0.210. The number of amides is 1. The third-order valence-electron chi connectivity index (χ3n) is 4.59. The fraction of sp³-hybridized carbons (Fsp3) is 0.217. The first-order valence-corrected chi connectivity index (χ1v) is 9.39. The van der Waals surface area contributed by atoms with E-state index in [1.165, 1.54) is 10.6 Å². The second-order valence-electron chi connectivity index (χ2n) is 6.54. The van der Waals surface area contributed by atoms with Crippen LogP contribution in [0.2, 0.25) is 0 Å². The van der Waals surface area contributed by atoms with Crippen LogP contribution in [0.4, 0.5) is 0 Å². The number of hydrogen-bond donors (Lipinski definition) is 1. The minimum absolute atomic E-state index is 0.204. The molecular weight excluding hydrogens is 368 g/mol. The van der Waals surface area contributed by atoms with E-state index >= 15 is 0 Å². The van der Waals surface area contributed by atoms with Gasteiger partial charge < -0.3 is 14.8 Å². The summed E-state index contributed by atoms with van der Waals surface area (Å²) in [5, 5.41) is 2.91. The van der Waals surface area contributed by atoms with Gasteiger partial charge in [0.25, 0.3) is 11.5 Å². The van der Waals surface area contributed by atoms with Gasteiger partial charge in [0.2, 0.25) is 0 Å². The lowest BCUT2D eigenvalue weighted by Gasteiger charge is -2.10. The molecule has 0 aliphatic rings. The van der Waals surface area contributed by atoms with Gasteiger partial charge in [-0.05, 0) is 60.9 Å². The highest BCUT2D eigenvalue weighted by molar-refractivity contribution is 5.93. The Balaban J connectivity index is 1.61. The summed E-state index contributed by atoms with van der Waals surface area (Å²) in [4.78, 5) is 24.7. The second-order valence-corrected chi connectivity index (χ2v) is 6.54. The molecular formula is C23H24N2O4. The van der Waals surface area contributed by atoms with Crippen molar-refractivity contribution in [1.29, 1.82) is 0 Å². The Labute approximate surface area is 169 Å². The highest BCUT2D eigenvalue weighted by Crippen LogP contribution is 2.15. The number of rotatable bonds is 8. The molecule has 1 amide bonds. The summed E-state index contributed by atoms with van der Waals surface area (Å²) in [7, 11) is 3.23. The summed E-state index contributed by atoms with van der Waals surface area (Å²) >= 11 is 0. The lowest BCUT2D eigenvalue weighted by atomic mass is 10.1. The number of hydrogen-bond acceptors (Lipinski definition) is 4. The molecule has 0 aliphatic heterocycles. The van der Waals surface area contributed by atoms with E-state index in [1.807, 2.05) is 24.3 Å². The Kier molecular flexibility index (Phi) is 6.68. The Bertz CT molecular complexity index is 1030. The summed E-state index contributed by atoms with van der Waals surface area (Å²) in [6.45, 7) is 0.539. The van der Waals surface area contributed by atoms with Gasteiger partial charge in [0.05, 0.1) is 19.8 Å². The quantitative estimate of drug-likeness (QED) is 0.598. The number of aryl methyl sites for hydroxylation is 1. The Hall–Kier alpha value is -3.54. The molecule has 6 nitrogen and oxygen atoms in total. The van der Waals surface area contributed by atoms with Crippen molar-refractivity contribution in [3.05, 3.63) is 88.3 Å². The van der Waals surface area contributed by atoms with E-state index in [0.29, 0.717) is 23.5 Å². The van der Waals surface area contributed by atoms with E-state index in [4.69, 9.17) is 9.47 Å². The molecule has 0 atom stereocenters. The van der Waals surface area contributed by atoms with Gasteiger partial charge in [0.1, 0.15) is 11.5 Å². The van der Waals surface area contributed by atoms with Crippen molar-refractivity contribution in [2.45, 2.75) is 12.8 Å². The number of ether oxygens (including phenoxy) is 2. The van der Waals surface area contributed by atoms with Crippen molar-refractivity contribution >= 4 is 5.91 Å². The van der Waals surface area contributed by atoms with Gasteiger partial charge in [-0.1, -0.05) is 12.1 Å². The standard InChI is InChI=1S/C23H24N2O4/c1-28-20-11-9-19(10-12-20)25-16-18(8-13-22(25)26)23(27)24-14-4-6-17-5-3-7-21(15-17)29-2/h3,5,7-13,15-16H,4,6,14H2,1-2H3,(H,24,27). The third-order valence-corrected chi connectivity index (χ3v) is 4.59. The normalized spacial score (nSPS) is 10.4. The van der Waals surface area contributed by atoms with E-state index in [9.17, 15) is 9.59 Å². The van der Waals surface area contributed by atoms with E-state index < -0.39 is 0 Å². The molecule has 3 rings (SSSR count). The first-order valence-electron chi connectivity index (χ1n) is 9.39. The zero-order chi connectivity index (χ0) is 20.6. The molecule has 0 aliphatic carbocycles. The highest BCUT2D eigenvalue weighted by atomic mass is 16.5. The number of methoxy groups -OCH3 is 2. The molecule has 29 heavy (non-hydrogen) atoms. The monoisotopic (exact) mass is 392 g/mol. The molecule has 6 heteroatoms. The van der Waals surface area contributed by atoms with Gasteiger partial charge in [0.15, 0.2) is 0 Å². The maximum absolute atomic E-state index is 12.5. The summed E-state index contributed by atoms with van der Waals surface area (Å²) in [5.74, 6) is 1.32. The molecule has 3 aromatic rings. The van der Waals surface area contributed by atoms with Gasteiger partial charge >= 0.3 is 0 Å². The average molecular weight is 392 g/mol. The van der Waals surface area contributed by atoms with Crippen LogP contribution >= 0.6 is 0 Å². The number of nitrogens with zero attached hydrogens (tertiary/aromatic N) is 1. The van der Waals surface area contributed by atoms with Crippen LogP contribution in [0.15, 0.2) is 71.7 Å². The molecule has 0 bridgehead atoms. The number of carbonyl (C=O) groups is 1. The van der Waals surface area contributed by atoms with Gasteiger partial charge in [-0.15, -0.1) is 0 Å². The van der Waals surface area contributed by atoms with Gasteiger partial charge in [-0.3, -0.25) is 14.2 Å². The molecule has 150 valence electrons. The lowest BCUT2D eigenvalue weighted by Crippen LogP contribution is -2.27. The van der Waals surface area contributed by atoms with Crippen molar-refractivity contribution in [2.75, 3.05) is 20.8 Å². The molecule has 0 fully saturated rings. The van der Waals surface area contributed by atoms with Crippen LogP contribution in [0, 0.1) is 0 Å². The topological polar surface area (TPSA) is 69.6 Å². The van der Waals surface area contributed by atoms with Crippen LogP contribution in [-0.2, 0) is 6.42 Å². The van der Waals surface area contributed by atoms with E-state index in [1.54, 1.807) is 50.7 Å². The minimum Gasteiger partial charge on any atom is -0.497 e. The first-order chi connectivity index (χ1) is 14.1. The largest absolute Gasteiger partial charge is 0.497 e. The number of nitrogens with one attached hydrogen (secondary N) is 1. The predicted molar refractivity (Wildman–Crippen MR) is 112 cm³/mol. The number of aromatic nitrogens is 1. The van der Waals surface area contributed by atoms with Crippen molar-refractivity contribution in [1.82, 2.24) is 9.88 Å². The van der Waals surface area contributed by atoms with Crippen molar-refractivity contribution in [3.8, 4) is 17.2 Å². The van der Waals surface area contributed by atoms with E-state index in [2.05, 4.69) is 5.32 Å². The molecule has 0 radical (unpaired) electrons. The fourth-order valence-corrected chi connectivity index (χ4v) is 2.99. The SMILES string of the molecule is COc1ccc(-n2cc(C(=O)NCCCc3cccc(OC)c3)ccc2=O)cc1. The molecule has 1 N–H and O–H groups in total. The predicted octanol–water partition coefficient (Wildman–Crippen LogP) is 3.22. The summed E-state index contributed by atoms with van der Waals surface area (Å²) in [5.41, 5.74) is 2.06. The van der Waals surface area contributed by atoms with Crippen molar-refractivity contribution in [2.24, 2.45) is 0 Å². The van der Waals surface area contributed by atoms with Crippen LogP contribution in [-0.4, -0.2) is 31.2 Å². The molecule has 0 saturated carbocycles. The van der Waals surface area contributed by atoms with Crippen molar-refractivity contribution < 1.29 is 14.3 Å². The van der Waals surface area contributed by atoms with Crippen LogP contribution in [0.5, 0.6) is 11.5 Å². The van der Waals surface area contributed by atoms with E-state index in [-0.39, 0.29) is 11.5 Å². The number of carbonyl (C=O) groups excluding carboxylic acids is 1. The van der Waals surface area contributed by atoms with Crippen LogP contribution in [0.1, 0.15) is 22.3 Å². The van der Waals surface area contributed by atoms with Crippen molar-refractivity contribution in [3.63, 3.8) is 0 Å². The zero-order valence-corrected chi connectivity index (χ0v) is 16.6. The first kappa shape index (κ1) is 20.2. The summed E-state index contributed by atoms with van der Waals surface area (Å²) in [6.07, 6.45) is 3.20. The number of benzene rings is 2. The Morgan fingerprint density at radius 1 is 0.966 bits per heavy atom. The average Bonchev–Trinajstić information content (AvgIpc) is 2.77. The van der Waals surface area contributed by atoms with Gasteiger partial charge in [-0.25, -0.2) is 0 Å². The third kappa shape index (κ3) is 5.25. The Morgan fingerprint density at radius 3 is 2.45 bits per heavy atom. The van der Waals surface area contributed by atoms with Gasteiger partial charge in [0, 0.05) is 24.5 Å². The molecule has 2 aromatic carbocycles. The van der Waals surface area contributed by atoms with Crippen LogP contribution in [0.25, 0.3) is 5.69 Å². The number of pyridine rings is 1. The maximum atomic E-state index is 12.5. The summed E-state index contributed by atoms with van der Waals surface area (Å²) in [6, 6.07) is 17.9. The Morgan fingerprint density at radius 2 is 1.72 bits per heavy atom. The molecule has 1 heterocycles. The zero-order valence-electron chi connectivity index (χ0n) is 16.6.